The van der Waals surface area contributed by atoms with Crippen LogP contribution < -0.4 is 5.69 Å². The first-order valence-electron chi connectivity index (χ1n) is 7.71. The molecule has 1 saturated carbocycles. The number of nitrogens with zero attached hydrogens (tertiary/aromatic N) is 3. The van der Waals surface area contributed by atoms with E-state index in [0.29, 0.717) is 12.0 Å². The van der Waals surface area contributed by atoms with Gasteiger partial charge in [0.2, 0.25) is 0 Å². The molecule has 0 bridgehead atoms. The van der Waals surface area contributed by atoms with Crippen LogP contribution in [0.3, 0.4) is 0 Å². The van der Waals surface area contributed by atoms with E-state index >= 15 is 0 Å². The molecule has 0 saturated heterocycles. The number of hydrogen-bond acceptors (Lipinski definition) is 2. The van der Waals surface area contributed by atoms with Crippen molar-refractivity contribution in [1.82, 2.24) is 14.1 Å². The summed E-state index contributed by atoms with van der Waals surface area (Å²) in [5, 5.41) is 1.05. The molecule has 22 heavy (non-hydrogen) atoms. The summed E-state index contributed by atoms with van der Waals surface area (Å²) in [5.74, 6) is 0.687. The summed E-state index contributed by atoms with van der Waals surface area (Å²) in [6.45, 7) is 2.27. The van der Waals surface area contributed by atoms with Crippen molar-refractivity contribution in [2.24, 2.45) is 13.0 Å². The van der Waals surface area contributed by atoms with Gasteiger partial charge in [0.25, 0.3) is 0 Å². The van der Waals surface area contributed by atoms with Crippen LogP contribution in [-0.4, -0.2) is 14.1 Å². The van der Waals surface area contributed by atoms with Crippen LogP contribution >= 0.6 is 15.9 Å². The van der Waals surface area contributed by atoms with E-state index in [9.17, 15) is 4.79 Å². The third kappa shape index (κ3) is 1.95. The number of aromatic nitrogens is 3. The molecule has 2 heterocycles. The van der Waals surface area contributed by atoms with E-state index in [2.05, 4.69) is 33.9 Å². The summed E-state index contributed by atoms with van der Waals surface area (Å²) in [5.41, 5.74) is 2.94. The van der Waals surface area contributed by atoms with Crippen molar-refractivity contribution < 1.29 is 0 Å². The van der Waals surface area contributed by atoms with Gasteiger partial charge in [-0.25, -0.2) is 4.79 Å². The van der Waals surface area contributed by atoms with E-state index in [4.69, 9.17) is 0 Å². The van der Waals surface area contributed by atoms with Crippen LogP contribution in [0.2, 0.25) is 0 Å². The Morgan fingerprint density at radius 2 is 2.14 bits per heavy atom. The summed E-state index contributed by atoms with van der Waals surface area (Å²) >= 11 is 3.54. The molecule has 0 amide bonds. The van der Waals surface area contributed by atoms with E-state index in [-0.39, 0.29) is 5.69 Å². The van der Waals surface area contributed by atoms with Crippen molar-refractivity contribution in [1.29, 1.82) is 0 Å². The monoisotopic (exact) mass is 359 g/mol. The average Bonchev–Trinajstić information content (AvgIpc) is 3.02. The zero-order valence-corrected chi connectivity index (χ0v) is 14.3. The normalized spacial score (nSPS) is 22.0. The summed E-state index contributed by atoms with van der Waals surface area (Å²) in [7, 11) is 1.84. The van der Waals surface area contributed by atoms with E-state index in [0.717, 1.165) is 39.3 Å². The van der Waals surface area contributed by atoms with Gasteiger partial charge in [0.15, 0.2) is 0 Å². The Labute approximate surface area is 136 Å². The van der Waals surface area contributed by atoms with Gasteiger partial charge in [0.05, 0.1) is 22.7 Å². The fourth-order valence-electron chi connectivity index (χ4n) is 3.75. The average molecular weight is 360 g/mol. The fraction of sp³-hybridized carbons (Fsp3) is 0.412. The Balaban J connectivity index is 2.12. The highest BCUT2D eigenvalue weighted by Crippen LogP contribution is 2.36. The van der Waals surface area contributed by atoms with Crippen molar-refractivity contribution in [3.05, 3.63) is 39.4 Å². The van der Waals surface area contributed by atoms with Gasteiger partial charge < -0.3 is 0 Å². The minimum Gasteiger partial charge on any atom is -0.293 e. The molecule has 0 radical (unpaired) electrons. The number of aryl methyl sites for hydroxylation is 1. The maximum atomic E-state index is 12.8. The van der Waals surface area contributed by atoms with Crippen molar-refractivity contribution in [3.63, 3.8) is 0 Å². The highest BCUT2D eigenvalue weighted by Gasteiger charge is 2.27. The molecule has 1 fully saturated rings. The first-order valence-corrected chi connectivity index (χ1v) is 8.50. The first-order chi connectivity index (χ1) is 10.6. The zero-order valence-electron chi connectivity index (χ0n) is 12.7. The maximum Gasteiger partial charge on any atom is 0.329 e. The summed E-state index contributed by atoms with van der Waals surface area (Å²) in [6, 6.07) is 6.36. The van der Waals surface area contributed by atoms with E-state index in [1.165, 1.54) is 6.42 Å². The highest BCUT2D eigenvalue weighted by molar-refractivity contribution is 9.10. The first kappa shape index (κ1) is 14.0. The Morgan fingerprint density at radius 3 is 2.86 bits per heavy atom. The van der Waals surface area contributed by atoms with E-state index in [1.807, 2.05) is 29.9 Å². The van der Waals surface area contributed by atoms with Gasteiger partial charge >= 0.3 is 5.69 Å². The van der Waals surface area contributed by atoms with Crippen LogP contribution in [0.1, 0.15) is 32.2 Å². The largest absolute Gasteiger partial charge is 0.329 e. The fourth-order valence-corrected chi connectivity index (χ4v) is 4.11. The van der Waals surface area contributed by atoms with Gasteiger partial charge in [-0.3, -0.25) is 14.1 Å². The van der Waals surface area contributed by atoms with Gasteiger partial charge in [0.1, 0.15) is 0 Å². The Hall–Kier alpha value is -1.62. The van der Waals surface area contributed by atoms with Gasteiger partial charge in [-0.05, 0) is 43.4 Å². The molecule has 0 N–H and O–H groups in total. The molecule has 4 rings (SSSR count). The second-order valence-corrected chi connectivity index (χ2v) is 7.35. The molecular weight excluding hydrogens is 342 g/mol. The lowest BCUT2D eigenvalue weighted by molar-refractivity contribution is 0.487. The smallest absolute Gasteiger partial charge is 0.293 e. The standard InChI is InChI=1S/C17H18BrN3O/c1-10-3-5-12(7-10)21-16-13-8-11(18)4-6-14(13)19-9-15(16)20(2)17(21)22/h4,6,8-10,12H,3,5,7H2,1-2H3/t10-,12-/m0/s1. The molecule has 1 aromatic carbocycles. The van der Waals surface area contributed by atoms with Crippen LogP contribution in [0, 0.1) is 5.92 Å². The van der Waals surface area contributed by atoms with Crippen LogP contribution in [0.15, 0.2) is 33.7 Å². The van der Waals surface area contributed by atoms with Crippen LogP contribution in [0.25, 0.3) is 21.9 Å². The number of halogens is 1. The molecule has 5 heteroatoms. The number of benzene rings is 1. The quantitative estimate of drug-likeness (QED) is 0.658. The van der Waals surface area contributed by atoms with Crippen LogP contribution in [-0.2, 0) is 7.05 Å². The molecule has 0 aliphatic heterocycles. The Kier molecular flexibility index (Phi) is 3.15. The summed E-state index contributed by atoms with van der Waals surface area (Å²) < 4.78 is 4.75. The van der Waals surface area contributed by atoms with E-state index in [1.54, 1.807) is 4.57 Å². The third-order valence-corrected chi connectivity index (χ3v) is 5.40. The number of rotatable bonds is 1. The molecular formula is C17H18BrN3O. The molecule has 0 spiro atoms. The van der Waals surface area contributed by atoms with Gasteiger partial charge in [0, 0.05) is 22.9 Å². The van der Waals surface area contributed by atoms with Gasteiger partial charge in [-0.1, -0.05) is 22.9 Å². The Morgan fingerprint density at radius 1 is 1.32 bits per heavy atom. The van der Waals surface area contributed by atoms with Crippen LogP contribution in [0.4, 0.5) is 0 Å². The van der Waals surface area contributed by atoms with Crippen molar-refractivity contribution in [3.8, 4) is 0 Å². The molecule has 3 aromatic rings. The lowest BCUT2D eigenvalue weighted by Gasteiger charge is -2.13. The predicted octanol–water partition coefficient (Wildman–Crippen LogP) is 4.01. The molecule has 2 aromatic heterocycles. The molecule has 114 valence electrons. The summed E-state index contributed by atoms with van der Waals surface area (Å²) in [4.78, 5) is 17.3. The zero-order chi connectivity index (χ0) is 15.4. The molecule has 1 aliphatic carbocycles. The van der Waals surface area contributed by atoms with Crippen molar-refractivity contribution >= 4 is 37.9 Å². The van der Waals surface area contributed by atoms with Gasteiger partial charge in [-0.15, -0.1) is 0 Å². The molecule has 4 nitrogen and oxygen atoms in total. The summed E-state index contributed by atoms with van der Waals surface area (Å²) in [6.07, 6.45) is 5.18. The minimum atomic E-state index is 0.0726. The minimum absolute atomic E-state index is 0.0726. The Bertz CT molecular complexity index is 940. The van der Waals surface area contributed by atoms with Crippen LogP contribution in [0.5, 0.6) is 0 Å². The third-order valence-electron chi connectivity index (χ3n) is 4.91. The predicted molar refractivity (Wildman–Crippen MR) is 92.2 cm³/mol. The van der Waals surface area contributed by atoms with E-state index < -0.39 is 0 Å². The second-order valence-electron chi connectivity index (χ2n) is 6.44. The number of hydrogen-bond donors (Lipinski definition) is 0. The topological polar surface area (TPSA) is 39.8 Å². The van der Waals surface area contributed by atoms with Crippen molar-refractivity contribution in [2.45, 2.75) is 32.2 Å². The van der Waals surface area contributed by atoms with Crippen molar-refractivity contribution in [2.75, 3.05) is 0 Å². The highest BCUT2D eigenvalue weighted by atomic mass is 79.9. The number of imidazole rings is 1. The van der Waals surface area contributed by atoms with Gasteiger partial charge in [-0.2, -0.15) is 0 Å². The second kappa shape index (κ2) is 4.95. The SMILES string of the molecule is C[C@H]1CC[C@H](n2c(=O)n(C)c3cnc4ccc(Br)cc4c32)C1. The molecule has 1 aliphatic rings. The maximum absolute atomic E-state index is 12.8. The lowest BCUT2D eigenvalue weighted by atomic mass is 10.1. The number of fused-ring (bicyclic) bond motifs is 3. The number of pyridine rings is 1. The lowest BCUT2D eigenvalue weighted by Crippen LogP contribution is -2.25. The molecule has 2 atom stereocenters. The molecule has 0 unspecified atom stereocenters.